The Labute approximate surface area is 182 Å². The predicted molar refractivity (Wildman–Crippen MR) is 115 cm³/mol. The number of hydrogen-bond acceptors (Lipinski definition) is 11. The summed E-state index contributed by atoms with van der Waals surface area (Å²) in [5.41, 5.74) is 5.33. The second-order valence-electron chi connectivity index (χ2n) is 8.77. The first kappa shape index (κ1) is 22.7. The predicted octanol–water partition coefficient (Wildman–Crippen LogP) is 0.839. The second-order valence-corrected chi connectivity index (χ2v) is 8.77. The fourth-order valence-corrected chi connectivity index (χ4v) is 3.54. The van der Waals surface area contributed by atoms with Crippen LogP contribution in [0.5, 0.6) is 0 Å². The minimum Gasteiger partial charge on any atom is -0.460 e. The summed E-state index contributed by atoms with van der Waals surface area (Å²) in [6.45, 7) is 9.07. The van der Waals surface area contributed by atoms with E-state index < -0.39 is 5.60 Å². The third kappa shape index (κ3) is 7.35. The van der Waals surface area contributed by atoms with Crippen LogP contribution in [0, 0.1) is 5.92 Å². The number of anilines is 2. The van der Waals surface area contributed by atoms with Crippen LogP contribution < -0.4 is 15.5 Å². The van der Waals surface area contributed by atoms with Crippen molar-refractivity contribution in [1.82, 2.24) is 30.4 Å². The summed E-state index contributed by atoms with van der Waals surface area (Å²) in [5.74, 6) is 1.49. The van der Waals surface area contributed by atoms with Gasteiger partial charge < -0.3 is 20.3 Å². The Kier molecular flexibility index (Phi) is 7.61. The van der Waals surface area contributed by atoms with E-state index in [9.17, 15) is 4.79 Å². The van der Waals surface area contributed by atoms with Gasteiger partial charge in [-0.05, 0) is 39.5 Å². The van der Waals surface area contributed by atoms with E-state index in [1.165, 1.54) is 0 Å². The molecular formula is C20H31N9O2. The van der Waals surface area contributed by atoms with E-state index in [2.05, 4.69) is 40.2 Å². The molecular weight excluding hydrogens is 398 g/mol. The first-order chi connectivity index (χ1) is 14.8. The maximum atomic E-state index is 11.8. The summed E-state index contributed by atoms with van der Waals surface area (Å²) in [7, 11) is 0. The molecule has 168 valence electrons. The number of carbonyl (C=O) groups is 1. The minimum absolute atomic E-state index is 0.133. The fraction of sp³-hybridized carbons (Fsp3) is 0.650. The Balaban J connectivity index is 0.000000194. The highest BCUT2D eigenvalue weighted by Gasteiger charge is 2.28. The lowest BCUT2D eigenvalue weighted by molar-refractivity contribution is -0.155. The topological polar surface area (TPSA) is 136 Å². The van der Waals surface area contributed by atoms with Crippen LogP contribution in [0.3, 0.4) is 0 Å². The third-order valence-electron chi connectivity index (χ3n) is 4.89. The van der Waals surface area contributed by atoms with Crippen molar-refractivity contribution in [2.24, 2.45) is 11.7 Å². The number of ether oxygens (including phenoxy) is 1. The van der Waals surface area contributed by atoms with Crippen molar-refractivity contribution in [2.75, 3.05) is 36.0 Å². The average Bonchev–Trinajstić information content (AvgIpc) is 3.38. The number of carbonyl (C=O) groups excluding carboxylic acids is 1. The molecule has 2 fully saturated rings. The van der Waals surface area contributed by atoms with Gasteiger partial charge in [0.2, 0.25) is 11.9 Å². The van der Waals surface area contributed by atoms with Crippen LogP contribution in [0.2, 0.25) is 0 Å². The van der Waals surface area contributed by atoms with E-state index in [1.54, 1.807) is 24.8 Å². The van der Waals surface area contributed by atoms with Gasteiger partial charge in [-0.3, -0.25) is 4.79 Å². The van der Waals surface area contributed by atoms with Crippen molar-refractivity contribution in [3.05, 3.63) is 24.8 Å². The largest absolute Gasteiger partial charge is 0.460 e. The van der Waals surface area contributed by atoms with E-state index in [1.807, 2.05) is 20.8 Å². The summed E-state index contributed by atoms with van der Waals surface area (Å²) < 4.78 is 5.34. The highest BCUT2D eigenvalue weighted by atomic mass is 16.6. The number of aromatic nitrogens is 6. The Bertz CT molecular complexity index is 816. The molecule has 2 aromatic rings. The molecule has 4 heterocycles. The molecule has 2 N–H and O–H groups in total. The van der Waals surface area contributed by atoms with Crippen LogP contribution in [0.1, 0.15) is 40.0 Å². The molecule has 0 aromatic carbocycles. The Morgan fingerprint density at radius 1 is 1.00 bits per heavy atom. The molecule has 0 aliphatic carbocycles. The van der Waals surface area contributed by atoms with Crippen LogP contribution in [0.25, 0.3) is 0 Å². The van der Waals surface area contributed by atoms with Gasteiger partial charge in [-0.25, -0.2) is 9.97 Å². The average molecular weight is 430 g/mol. The van der Waals surface area contributed by atoms with Crippen LogP contribution in [0.4, 0.5) is 11.9 Å². The summed E-state index contributed by atoms with van der Waals surface area (Å²) in [6.07, 6.45) is 8.82. The van der Waals surface area contributed by atoms with Crippen LogP contribution in [-0.4, -0.2) is 74.2 Å². The minimum atomic E-state index is -0.415. The molecule has 2 saturated heterocycles. The summed E-state index contributed by atoms with van der Waals surface area (Å²) >= 11 is 0. The van der Waals surface area contributed by atoms with E-state index in [0.29, 0.717) is 24.2 Å². The van der Waals surface area contributed by atoms with Gasteiger partial charge in [0.1, 0.15) is 5.60 Å². The molecule has 0 unspecified atom stereocenters. The zero-order chi connectivity index (χ0) is 22.3. The van der Waals surface area contributed by atoms with Gasteiger partial charge in [0, 0.05) is 32.2 Å². The van der Waals surface area contributed by atoms with Gasteiger partial charge in [-0.2, -0.15) is 10.2 Å². The first-order valence-electron chi connectivity index (χ1n) is 10.5. The van der Waals surface area contributed by atoms with E-state index in [0.717, 1.165) is 39.0 Å². The number of rotatable bonds is 4. The van der Waals surface area contributed by atoms with E-state index >= 15 is 0 Å². The Morgan fingerprint density at radius 2 is 1.58 bits per heavy atom. The van der Waals surface area contributed by atoms with E-state index in [4.69, 9.17) is 10.5 Å². The van der Waals surface area contributed by atoms with Crippen molar-refractivity contribution < 1.29 is 9.53 Å². The molecule has 0 amide bonds. The molecule has 0 bridgehead atoms. The summed E-state index contributed by atoms with van der Waals surface area (Å²) in [5, 5.41) is 15.5. The Hall–Kier alpha value is -2.95. The molecule has 2 atom stereocenters. The molecule has 11 nitrogen and oxygen atoms in total. The normalized spacial score (nSPS) is 20.9. The fourth-order valence-electron chi connectivity index (χ4n) is 3.54. The second kappa shape index (κ2) is 10.4. The van der Waals surface area contributed by atoms with Crippen LogP contribution in [0.15, 0.2) is 24.8 Å². The molecule has 31 heavy (non-hydrogen) atoms. The Morgan fingerprint density at radius 3 is 2.06 bits per heavy atom. The quantitative estimate of drug-likeness (QED) is 0.692. The molecule has 4 rings (SSSR count). The lowest BCUT2D eigenvalue weighted by Gasteiger charge is -2.21. The van der Waals surface area contributed by atoms with Crippen molar-refractivity contribution >= 4 is 17.9 Å². The number of hydrogen-bond donors (Lipinski definition) is 1. The maximum absolute atomic E-state index is 11.8. The zero-order valence-electron chi connectivity index (χ0n) is 18.4. The van der Waals surface area contributed by atoms with Gasteiger partial charge in [-0.15, -0.1) is 10.2 Å². The van der Waals surface area contributed by atoms with E-state index in [-0.39, 0.29) is 12.0 Å². The molecule has 2 aliphatic rings. The molecule has 2 aromatic heterocycles. The molecule has 11 heteroatoms. The molecule has 0 radical (unpaired) electrons. The van der Waals surface area contributed by atoms with Gasteiger partial charge in [0.25, 0.3) is 0 Å². The lowest BCUT2D eigenvalue weighted by Crippen LogP contribution is -2.27. The van der Waals surface area contributed by atoms with Crippen molar-refractivity contribution in [3.63, 3.8) is 0 Å². The lowest BCUT2D eigenvalue weighted by atomic mass is 10.1. The summed E-state index contributed by atoms with van der Waals surface area (Å²) in [4.78, 5) is 24.1. The number of esters is 1. The van der Waals surface area contributed by atoms with Gasteiger partial charge in [0.05, 0.1) is 31.2 Å². The van der Waals surface area contributed by atoms with Crippen LogP contribution >= 0.6 is 0 Å². The highest BCUT2D eigenvalue weighted by Crippen LogP contribution is 2.23. The van der Waals surface area contributed by atoms with Crippen molar-refractivity contribution in [2.45, 2.75) is 51.7 Å². The first-order valence-corrected chi connectivity index (χ1v) is 10.5. The molecule has 0 spiro atoms. The zero-order valence-corrected chi connectivity index (χ0v) is 18.4. The summed E-state index contributed by atoms with van der Waals surface area (Å²) in [6, 6.07) is 0.258. The van der Waals surface area contributed by atoms with Gasteiger partial charge >= 0.3 is 5.97 Å². The van der Waals surface area contributed by atoms with Crippen molar-refractivity contribution in [1.29, 1.82) is 0 Å². The monoisotopic (exact) mass is 429 g/mol. The smallest absolute Gasteiger partial charge is 0.306 e. The maximum Gasteiger partial charge on any atom is 0.306 e. The van der Waals surface area contributed by atoms with Gasteiger partial charge in [-0.1, -0.05) is 0 Å². The van der Waals surface area contributed by atoms with Crippen LogP contribution in [-0.2, 0) is 9.53 Å². The number of nitrogens with zero attached hydrogens (tertiary/aromatic N) is 8. The SMILES string of the molecule is CC(C)(C)OC(=O)C[C@@H]1CCN(c2nccnn2)C1.N[C@@H]1CCN(c2nccnn2)C1. The molecule has 2 aliphatic heterocycles. The molecule has 0 saturated carbocycles. The third-order valence-corrected chi connectivity index (χ3v) is 4.89. The highest BCUT2D eigenvalue weighted by molar-refractivity contribution is 5.70. The van der Waals surface area contributed by atoms with Crippen molar-refractivity contribution in [3.8, 4) is 0 Å². The van der Waals surface area contributed by atoms with Gasteiger partial charge in [0.15, 0.2) is 0 Å². The number of nitrogens with two attached hydrogens (primary N) is 1. The standard InChI is InChI=1S/C13H20N4O2.C7H11N5/c1-13(2,3)19-11(18)8-10-4-7-17(9-10)12-14-5-6-15-16-12;8-6-1-4-12(5-6)7-9-2-3-10-11-7/h5-6,10H,4,7-9H2,1-3H3;2-3,6H,1,4-5,8H2/t10-;6-/m01/s1.